The highest BCUT2D eigenvalue weighted by Gasteiger charge is 2.38. The van der Waals surface area contributed by atoms with E-state index >= 15 is 0 Å². The van der Waals surface area contributed by atoms with Crippen molar-refractivity contribution in [2.75, 3.05) is 42.9 Å². The molecule has 2 aromatic rings. The molecule has 2 aliphatic heterocycles. The number of nitrogens with zero attached hydrogens (tertiary/aromatic N) is 3. The van der Waals surface area contributed by atoms with Crippen molar-refractivity contribution in [3.8, 4) is 0 Å². The van der Waals surface area contributed by atoms with E-state index in [1.54, 1.807) is 14.7 Å². The van der Waals surface area contributed by atoms with Gasteiger partial charge in [0.1, 0.15) is 0 Å². The van der Waals surface area contributed by atoms with Crippen LogP contribution in [0.1, 0.15) is 18.9 Å². The van der Waals surface area contributed by atoms with Crippen LogP contribution in [-0.4, -0.2) is 60.4 Å². The lowest BCUT2D eigenvalue weighted by Gasteiger charge is -2.35. The number of urea groups is 1. The van der Waals surface area contributed by atoms with Crippen LogP contribution in [0.5, 0.6) is 0 Å². The Hall–Kier alpha value is -3.35. The number of anilines is 2. The molecule has 2 saturated heterocycles. The number of para-hydroxylation sites is 2. The number of carbonyl (C=O) groups is 3. The van der Waals surface area contributed by atoms with Gasteiger partial charge in [-0.1, -0.05) is 43.3 Å². The van der Waals surface area contributed by atoms with Gasteiger partial charge in [-0.2, -0.15) is 0 Å². The minimum atomic E-state index is -0.331. The second-order valence-electron chi connectivity index (χ2n) is 8.00. The maximum absolute atomic E-state index is 13.1. The second-order valence-corrected chi connectivity index (χ2v) is 8.00. The van der Waals surface area contributed by atoms with E-state index in [0.29, 0.717) is 32.7 Å². The number of aryl methyl sites for hydroxylation is 1. The first-order valence-electron chi connectivity index (χ1n) is 10.8. The van der Waals surface area contributed by atoms with E-state index < -0.39 is 0 Å². The van der Waals surface area contributed by atoms with Gasteiger partial charge in [0.15, 0.2) is 0 Å². The van der Waals surface area contributed by atoms with Crippen LogP contribution in [0, 0.1) is 5.92 Å². The molecule has 2 fully saturated rings. The summed E-state index contributed by atoms with van der Waals surface area (Å²) in [6.45, 7) is 4.41. The summed E-state index contributed by atoms with van der Waals surface area (Å²) in [7, 11) is 0. The van der Waals surface area contributed by atoms with Crippen molar-refractivity contribution in [3.05, 3.63) is 60.2 Å². The Bertz CT molecular complexity index is 954. The lowest BCUT2D eigenvalue weighted by atomic mass is 10.1. The Balaban J connectivity index is 1.33. The van der Waals surface area contributed by atoms with Crippen LogP contribution in [-0.2, 0) is 16.0 Å². The first-order chi connectivity index (χ1) is 15.1. The number of hydrogen-bond donors (Lipinski definition) is 1. The van der Waals surface area contributed by atoms with Gasteiger partial charge in [-0.3, -0.25) is 9.59 Å². The zero-order valence-corrected chi connectivity index (χ0v) is 17.8. The number of hydrogen-bond acceptors (Lipinski definition) is 3. The minimum absolute atomic E-state index is 0.000116. The Morgan fingerprint density at radius 2 is 1.58 bits per heavy atom. The first-order valence-corrected chi connectivity index (χ1v) is 10.8. The van der Waals surface area contributed by atoms with Gasteiger partial charge in [0, 0.05) is 50.5 Å². The van der Waals surface area contributed by atoms with Crippen LogP contribution >= 0.6 is 0 Å². The van der Waals surface area contributed by atoms with Crippen LogP contribution in [0.2, 0.25) is 0 Å². The SMILES string of the molecule is CCc1ccccc1N1C[C@H](C(=O)N2CCN(C(=O)Nc3ccccc3)CC2)CC1=O. The topological polar surface area (TPSA) is 73.0 Å². The van der Waals surface area contributed by atoms with Crippen molar-refractivity contribution in [2.45, 2.75) is 19.8 Å². The summed E-state index contributed by atoms with van der Waals surface area (Å²) < 4.78 is 0. The number of carbonyl (C=O) groups excluding carboxylic acids is 3. The fourth-order valence-corrected chi connectivity index (χ4v) is 4.29. The summed E-state index contributed by atoms with van der Waals surface area (Å²) in [5.74, 6) is -0.324. The van der Waals surface area contributed by atoms with Gasteiger partial charge in [0.05, 0.1) is 5.92 Å². The second kappa shape index (κ2) is 9.20. The maximum Gasteiger partial charge on any atom is 0.321 e. The molecule has 0 bridgehead atoms. The third-order valence-electron chi connectivity index (χ3n) is 6.04. The smallest absolute Gasteiger partial charge is 0.321 e. The molecular weight excluding hydrogens is 392 g/mol. The fourth-order valence-electron chi connectivity index (χ4n) is 4.29. The molecule has 7 nitrogen and oxygen atoms in total. The molecule has 7 heteroatoms. The predicted octanol–water partition coefficient (Wildman–Crippen LogP) is 2.98. The molecule has 1 N–H and O–H groups in total. The van der Waals surface area contributed by atoms with Crippen molar-refractivity contribution >= 4 is 29.2 Å². The van der Waals surface area contributed by atoms with Gasteiger partial charge in [-0.15, -0.1) is 0 Å². The normalized spacial score (nSPS) is 18.9. The lowest BCUT2D eigenvalue weighted by molar-refractivity contribution is -0.137. The number of rotatable bonds is 4. The van der Waals surface area contributed by atoms with E-state index in [2.05, 4.69) is 12.2 Å². The van der Waals surface area contributed by atoms with Crippen LogP contribution in [0.15, 0.2) is 54.6 Å². The number of benzene rings is 2. The van der Waals surface area contributed by atoms with E-state index in [0.717, 1.165) is 23.4 Å². The third kappa shape index (κ3) is 4.55. The molecule has 4 rings (SSSR count). The number of piperazine rings is 1. The van der Waals surface area contributed by atoms with Crippen molar-refractivity contribution in [3.63, 3.8) is 0 Å². The number of nitrogens with one attached hydrogen (secondary N) is 1. The molecule has 0 aliphatic carbocycles. The molecule has 0 spiro atoms. The average molecular weight is 421 g/mol. The van der Waals surface area contributed by atoms with E-state index in [1.807, 2.05) is 54.6 Å². The Kier molecular flexibility index (Phi) is 6.21. The molecule has 0 radical (unpaired) electrons. The monoisotopic (exact) mass is 420 g/mol. The minimum Gasteiger partial charge on any atom is -0.339 e. The summed E-state index contributed by atoms with van der Waals surface area (Å²) in [5, 5.41) is 2.88. The standard InChI is InChI=1S/C24H28N4O3/c1-2-18-8-6-7-11-21(18)28-17-19(16-22(28)29)23(30)26-12-14-27(15-13-26)24(31)25-20-9-4-3-5-10-20/h3-11,19H,2,12-17H2,1H3,(H,25,31)/t19-/m1/s1. The Morgan fingerprint density at radius 3 is 2.29 bits per heavy atom. The molecule has 0 unspecified atom stereocenters. The molecule has 0 saturated carbocycles. The maximum atomic E-state index is 13.1. The van der Waals surface area contributed by atoms with Crippen LogP contribution in [0.3, 0.4) is 0 Å². The van der Waals surface area contributed by atoms with Crippen LogP contribution in [0.25, 0.3) is 0 Å². The quantitative estimate of drug-likeness (QED) is 0.827. The predicted molar refractivity (Wildman–Crippen MR) is 120 cm³/mol. The lowest BCUT2D eigenvalue weighted by Crippen LogP contribution is -2.53. The molecule has 4 amide bonds. The van der Waals surface area contributed by atoms with E-state index in [1.165, 1.54) is 0 Å². The highest BCUT2D eigenvalue weighted by Crippen LogP contribution is 2.29. The van der Waals surface area contributed by atoms with Gasteiger partial charge in [-0.25, -0.2) is 4.79 Å². The highest BCUT2D eigenvalue weighted by molar-refractivity contribution is 6.01. The van der Waals surface area contributed by atoms with E-state index in [4.69, 9.17) is 0 Å². The zero-order chi connectivity index (χ0) is 21.8. The van der Waals surface area contributed by atoms with Gasteiger partial charge in [-0.05, 0) is 30.2 Å². The molecule has 31 heavy (non-hydrogen) atoms. The van der Waals surface area contributed by atoms with E-state index in [9.17, 15) is 14.4 Å². The molecule has 2 aromatic carbocycles. The molecule has 1 atom stereocenters. The summed E-state index contributed by atoms with van der Waals surface area (Å²) in [5.41, 5.74) is 2.78. The Labute approximate surface area is 182 Å². The largest absolute Gasteiger partial charge is 0.339 e. The van der Waals surface area contributed by atoms with Crippen molar-refractivity contribution in [1.82, 2.24) is 9.80 Å². The van der Waals surface area contributed by atoms with Gasteiger partial charge < -0.3 is 20.0 Å². The van der Waals surface area contributed by atoms with Crippen molar-refractivity contribution in [1.29, 1.82) is 0 Å². The first kappa shape index (κ1) is 20.9. The van der Waals surface area contributed by atoms with Gasteiger partial charge in [0.2, 0.25) is 11.8 Å². The van der Waals surface area contributed by atoms with Gasteiger partial charge >= 0.3 is 6.03 Å². The molecule has 2 heterocycles. The average Bonchev–Trinajstić information content (AvgIpc) is 3.20. The molecule has 162 valence electrons. The third-order valence-corrected chi connectivity index (χ3v) is 6.04. The summed E-state index contributed by atoms with van der Waals surface area (Å²) in [4.78, 5) is 43.5. The number of amides is 4. The fraction of sp³-hybridized carbons (Fsp3) is 0.375. The van der Waals surface area contributed by atoms with E-state index in [-0.39, 0.29) is 30.2 Å². The molecule has 0 aromatic heterocycles. The highest BCUT2D eigenvalue weighted by atomic mass is 16.2. The summed E-state index contributed by atoms with van der Waals surface area (Å²) in [6, 6.07) is 17.1. The van der Waals surface area contributed by atoms with Crippen molar-refractivity contribution in [2.24, 2.45) is 5.92 Å². The van der Waals surface area contributed by atoms with Crippen LogP contribution in [0.4, 0.5) is 16.2 Å². The molecule has 2 aliphatic rings. The summed E-state index contributed by atoms with van der Waals surface area (Å²) in [6.07, 6.45) is 1.08. The van der Waals surface area contributed by atoms with Gasteiger partial charge in [0.25, 0.3) is 0 Å². The Morgan fingerprint density at radius 1 is 0.935 bits per heavy atom. The molecular formula is C24H28N4O3. The van der Waals surface area contributed by atoms with Crippen molar-refractivity contribution < 1.29 is 14.4 Å². The van der Waals surface area contributed by atoms with Crippen LogP contribution < -0.4 is 10.2 Å². The summed E-state index contributed by atoms with van der Waals surface area (Å²) >= 11 is 0. The zero-order valence-electron chi connectivity index (χ0n) is 17.8.